The Hall–Kier alpha value is -5.55. The van der Waals surface area contributed by atoms with E-state index >= 15 is 0 Å². The topological polar surface area (TPSA) is 65.4 Å². The summed E-state index contributed by atoms with van der Waals surface area (Å²) in [5.41, 5.74) is 5.15. The number of carbonyl (C=O) groups is 3. The van der Waals surface area contributed by atoms with Gasteiger partial charge < -0.3 is 9.30 Å². The van der Waals surface area contributed by atoms with Gasteiger partial charge in [0.15, 0.2) is 17.3 Å². The number of rotatable bonds is 10. The summed E-state index contributed by atoms with van der Waals surface area (Å²) >= 11 is 0. The molecule has 0 atom stereocenters. The number of carbonyl (C=O) groups excluding carboxylic acids is 3. The fraction of sp³-hybridized carbons (Fsp3) is 0.103. The van der Waals surface area contributed by atoms with Crippen LogP contribution < -0.4 is 4.74 Å². The lowest BCUT2D eigenvalue weighted by Gasteiger charge is -2.11. The number of Topliss-reactive ketones (excluding diaryl/α,β-unsaturated/α-hetero) is 1. The molecule has 1 aromatic heterocycles. The number of fused-ring (bicyclic) bond motifs is 2. The van der Waals surface area contributed by atoms with Gasteiger partial charge in [0.2, 0.25) is 0 Å². The van der Waals surface area contributed by atoms with Crippen LogP contribution in [0.4, 0.5) is 0 Å². The Kier molecular flexibility index (Phi) is 8.02. The fourth-order valence-electron chi connectivity index (χ4n) is 5.47. The van der Waals surface area contributed by atoms with E-state index in [4.69, 9.17) is 4.74 Å². The zero-order valence-corrected chi connectivity index (χ0v) is 24.6. The van der Waals surface area contributed by atoms with Crippen LogP contribution in [0, 0.1) is 0 Å². The Bertz CT molecular complexity index is 2050. The van der Waals surface area contributed by atoms with Crippen LogP contribution >= 0.6 is 0 Å². The number of allylic oxidation sites excluding steroid dienone is 1. The Morgan fingerprint density at radius 2 is 1.41 bits per heavy atom. The Morgan fingerprint density at radius 1 is 0.705 bits per heavy atom. The van der Waals surface area contributed by atoms with E-state index in [0.717, 1.165) is 32.8 Å². The molecule has 5 nitrogen and oxygen atoms in total. The third-order valence-electron chi connectivity index (χ3n) is 7.74. The lowest BCUT2D eigenvalue weighted by atomic mass is 9.97. The summed E-state index contributed by atoms with van der Waals surface area (Å²) in [6, 6.07) is 36.8. The second kappa shape index (κ2) is 12.4. The molecule has 0 fully saturated rings. The van der Waals surface area contributed by atoms with Crippen molar-refractivity contribution in [3.63, 3.8) is 0 Å². The maximum atomic E-state index is 14.4. The van der Waals surface area contributed by atoms with Gasteiger partial charge in [-0.1, -0.05) is 91.0 Å². The molecule has 6 aromatic rings. The van der Waals surface area contributed by atoms with Crippen LogP contribution in [0.25, 0.3) is 27.8 Å². The molecule has 6 rings (SSSR count). The van der Waals surface area contributed by atoms with Crippen LogP contribution in [0.15, 0.2) is 121 Å². The average molecular weight is 578 g/mol. The molecule has 1 heterocycles. The lowest BCUT2D eigenvalue weighted by Crippen LogP contribution is -2.07. The van der Waals surface area contributed by atoms with Crippen molar-refractivity contribution in [1.29, 1.82) is 0 Å². The molecule has 0 amide bonds. The van der Waals surface area contributed by atoms with Crippen LogP contribution in [0.1, 0.15) is 56.9 Å². The minimum Gasteiger partial charge on any atom is -0.489 e. The minimum absolute atomic E-state index is 0.000607. The first-order valence-corrected chi connectivity index (χ1v) is 14.5. The molecule has 0 aliphatic rings. The summed E-state index contributed by atoms with van der Waals surface area (Å²) in [6.45, 7) is 3.85. The van der Waals surface area contributed by atoms with Gasteiger partial charge in [0.05, 0.1) is 11.3 Å². The van der Waals surface area contributed by atoms with Crippen molar-refractivity contribution in [3.8, 4) is 5.75 Å². The molecule has 0 bridgehead atoms. The van der Waals surface area contributed by atoms with Crippen molar-refractivity contribution >= 4 is 45.1 Å². The van der Waals surface area contributed by atoms with Gasteiger partial charge in [0.25, 0.3) is 0 Å². The second-order valence-electron chi connectivity index (χ2n) is 10.9. The number of benzene rings is 5. The van der Waals surface area contributed by atoms with E-state index < -0.39 is 0 Å². The molecule has 0 saturated heterocycles. The van der Waals surface area contributed by atoms with Crippen molar-refractivity contribution in [2.75, 3.05) is 0 Å². The fourth-order valence-corrected chi connectivity index (χ4v) is 5.47. The van der Waals surface area contributed by atoms with Crippen LogP contribution in [-0.2, 0) is 17.9 Å². The molecule has 0 spiro atoms. The number of aromatic nitrogens is 1. The largest absolute Gasteiger partial charge is 0.489 e. The monoisotopic (exact) mass is 577 g/mol. The normalized spacial score (nSPS) is 11.3. The highest BCUT2D eigenvalue weighted by Gasteiger charge is 2.24. The first kappa shape index (κ1) is 28.6. The Balaban J connectivity index is 1.52. The van der Waals surface area contributed by atoms with Crippen molar-refractivity contribution < 1.29 is 19.1 Å². The molecule has 0 unspecified atom stereocenters. The average Bonchev–Trinajstić information content (AvgIpc) is 3.34. The van der Waals surface area contributed by atoms with Crippen LogP contribution in [-0.4, -0.2) is 21.9 Å². The summed E-state index contributed by atoms with van der Waals surface area (Å²) in [7, 11) is 0. The molecule has 0 N–H and O–H groups in total. The molecule has 44 heavy (non-hydrogen) atoms. The van der Waals surface area contributed by atoms with E-state index in [1.165, 1.54) is 13.0 Å². The highest BCUT2D eigenvalue weighted by Crippen LogP contribution is 2.34. The van der Waals surface area contributed by atoms with Gasteiger partial charge in [-0.25, -0.2) is 0 Å². The van der Waals surface area contributed by atoms with Crippen molar-refractivity contribution in [2.45, 2.75) is 27.0 Å². The van der Waals surface area contributed by atoms with E-state index in [-0.39, 0.29) is 17.3 Å². The molecule has 0 saturated carbocycles. The van der Waals surface area contributed by atoms with E-state index in [0.29, 0.717) is 41.3 Å². The van der Waals surface area contributed by atoms with Crippen molar-refractivity contribution in [1.82, 2.24) is 4.57 Å². The van der Waals surface area contributed by atoms with Gasteiger partial charge in [-0.3, -0.25) is 14.4 Å². The number of hydrogen-bond acceptors (Lipinski definition) is 4. The maximum absolute atomic E-state index is 14.4. The highest BCUT2D eigenvalue weighted by molar-refractivity contribution is 6.20. The number of hydrogen-bond donors (Lipinski definition) is 0. The van der Waals surface area contributed by atoms with Crippen LogP contribution in [0.3, 0.4) is 0 Å². The Morgan fingerprint density at radius 3 is 2.14 bits per heavy atom. The smallest absolute Gasteiger partial charge is 0.195 e. The van der Waals surface area contributed by atoms with E-state index in [1.807, 2.05) is 120 Å². The summed E-state index contributed by atoms with van der Waals surface area (Å²) in [5, 5.41) is 2.76. The third-order valence-corrected chi connectivity index (χ3v) is 7.74. The molecular formula is C39H31NO4. The zero-order valence-electron chi connectivity index (χ0n) is 24.6. The first-order chi connectivity index (χ1) is 21.4. The van der Waals surface area contributed by atoms with Gasteiger partial charge in [0, 0.05) is 28.6 Å². The first-order valence-electron chi connectivity index (χ1n) is 14.5. The summed E-state index contributed by atoms with van der Waals surface area (Å²) in [6.07, 6.45) is 3.22. The lowest BCUT2D eigenvalue weighted by molar-refractivity contribution is -0.112. The highest BCUT2D eigenvalue weighted by atomic mass is 16.5. The van der Waals surface area contributed by atoms with Gasteiger partial charge in [0.1, 0.15) is 12.4 Å². The third kappa shape index (κ3) is 5.99. The van der Waals surface area contributed by atoms with Crippen molar-refractivity contribution in [3.05, 3.63) is 155 Å². The van der Waals surface area contributed by atoms with E-state index in [2.05, 4.69) is 0 Å². The summed E-state index contributed by atoms with van der Waals surface area (Å²) in [4.78, 5) is 38.4. The van der Waals surface area contributed by atoms with E-state index in [1.54, 1.807) is 13.0 Å². The molecule has 216 valence electrons. The number of nitrogens with zero attached hydrogens (tertiary/aromatic N) is 1. The van der Waals surface area contributed by atoms with Crippen molar-refractivity contribution in [2.24, 2.45) is 0 Å². The number of ether oxygens (including phenoxy) is 1. The second-order valence-corrected chi connectivity index (χ2v) is 10.9. The van der Waals surface area contributed by atoms with E-state index in [9.17, 15) is 14.4 Å². The Labute approximate surface area is 256 Å². The quantitative estimate of drug-likeness (QED) is 0.121. The summed E-state index contributed by atoms with van der Waals surface area (Å²) < 4.78 is 8.22. The summed E-state index contributed by atoms with van der Waals surface area (Å²) in [5.74, 6) is 0.372. The van der Waals surface area contributed by atoms with Gasteiger partial charge in [-0.2, -0.15) is 0 Å². The molecule has 5 aromatic carbocycles. The standard InChI is InChI=1S/C39H31NO4/c1-26(41)12-20-37-38(39(43)33-18-17-31-10-6-7-11-32(31)22-33)35-23-34(44-25-29-8-4-3-5-9-29)19-21-36(35)40(37)24-28-13-15-30(16-14-28)27(2)42/h3-23H,24-25H2,1-2H3/b20-12+. The molecule has 0 aliphatic heterocycles. The van der Waals surface area contributed by atoms with Crippen LogP contribution in [0.5, 0.6) is 5.75 Å². The minimum atomic E-state index is -0.144. The number of ketones is 3. The van der Waals surface area contributed by atoms with Gasteiger partial charge in [-0.15, -0.1) is 0 Å². The zero-order chi connectivity index (χ0) is 30.6. The molecule has 5 heteroatoms. The molecular weight excluding hydrogens is 546 g/mol. The SMILES string of the molecule is CC(=O)/C=C/c1c(C(=O)c2ccc3ccccc3c2)c2cc(OCc3ccccc3)ccc2n1Cc1ccc(C(C)=O)cc1. The molecule has 0 radical (unpaired) electrons. The molecule has 0 aliphatic carbocycles. The maximum Gasteiger partial charge on any atom is 0.195 e. The van der Waals surface area contributed by atoms with Crippen LogP contribution in [0.2, 0.25) is 0 Å². The predicted molar refractivity (Wildman–Crippen MR) is 175 cm³/mol. The van der Waals surface area contributed by atoms with Gasteiger partial charge >= 0.3 is 0 Å². The predicted octanol–water partition coefficient (Wildman–Crippen LogP) is 8.46. The van der Waals surface area contributed by atoms with Gasteiger partial charge in [-0.05, 0) is 72.2 Å².